The lowest BCUT2D eigenvalue weighted by Gasteiger charge is -2.28. The Balaban J connectivity index is 0.000000921. The van der Waals surface area contributed by atoms with Crippen LogP contribution in [0.4, 0.5) is 0 Å². The Morgan fingerprint density at radius 3 is 2.13 bits per heavy atom. The molecule has 15 heavy (non-hydrogen) atoms. The highest BCUT2D eigenvalue weighted by molar-refractivity contribution is 5.32. The van der Waals surface area contributed by atoms with E-state index in [0.29, 0.717) is 0 Å². The van der Waals surface area contributed by atoms with Gasteiger partial charge in [0.15, 0.2) is 0 Å². The minimum atomic E-state index is 0.0473. The highest BCUT2D eigenvalue weighted by Crippen LogP contribution is 2.29. The molecule has 1 heterocycles. The molecular formula is C13H25NO. The third-order valence-electron chi connectivity index (χ3n) is 2.29. The van der Waals surface area contributed by atoms with E-state index >= 15 is 0 Å². The number of hydrogen-bond donors (Lipinski definition) is 1. The molecule has 1 rings (SSSR count). The van der Waals surface area contributed by atoms with Crippen LogP contribution in [0.3, 0.4) is 0 Å². The van der Waals surface area contributed by atoms with Gasteiger partial charge in [0.2, 0.25) is 0 Å². The van der Waals surface area contributed by atoms with Gasteiger partial charge in [0.1, 0.15) is 6.23 Å². The minimum absolute atomic E-state index is 0.0473. The molecule has 0 bridgehead atoms. The van der Waals surface area contributed by atoms with Crippen molar-refractivity contribution >= 4 is 0 Å². The zero-order valence-corrected chi connectivity index (χ0v) is 11.1. The first-order valence-corrected chi connectivity index (χ1v) is 5.63. The molecule has 0 fully saturated rings. The van der Waals surface area contributed by atoms with Crippen molar-refractivity contribution in [2.75, 3.05) is 7.11 Å². The SMILES string of the molecule is CC.COC1NC=C(C(C)(C)C)C=C1C. The average Bonchev–Trinajstić information content (AvgIpc) is 2.19. The quantitative estimate of drug-likeness (QED) is 0.717. The maximum absolute atomic E-state index is 5.24. The molecule has 88 valence electrons. The normalized spacial score (nSPS) is 20.6. The molecule has 0 radical (unpaired) electrons. The minimum Gasteiger partial charge on any atom is -0.362 e. The van der Waals surface area contributed by atoms with Crippen LogP contribution in [-0.4, -0.2) is 13.3 Å². The van der Waals surface area contributed by atoms with E-state index in [-0.39, 0.29) is 11.6 Å². The van der Waals surface area contributed by atoms with Gasteiger partial charge in [0.05, 0.1) is 0 Å². The van der Waals surface area contributed by atoms with Crippen molar-refractivity contribution in [1.82, 2.24) is 5.32 Å². The summed E-state index contributed by atoms with van der Waals surface area (Å²) in [6.45, 7) is 12.7. The maximum Gasteiger partial charge on any atom is 0.149 e. The number of nitrogens with one attached hydrogen (secondary N) is 1. The van der Waals surface area contributed by atoms with Gasteiger partial charge < -0.3 is 10.1 Å². The van der Waals surface area contributed by atoms with Crippen LogP contribution < -0.4 is 5.32 Å². The van der Waals surface area contributed by atoms with Crippen LogP contribution in [0, 0.1) is 5.41 Å². The molecule has 0 spiro atoms. The molecule has 0 aromatic heterocycles. The molecule has 1 unspecified atom stereocenters. The van der Waals surface area contributed by atoms with E-state index in [9.17, 15) is 0 Å². The first-order chi connectivity index (χ1) is 6.95. The number of dihydropyridines is 1. The van der Waals surface area contributed by atoms with Crippen LogP contribution in [-0.2, 0) is 4.74 Å². The molecule has 2 heteroatoms. The van der Waals surface area contributed by atoms with Gasteiger partial charge in [-0.3, -0.25) is 0 Å². The van der Waals surface area contributed by atoms with Gasteiger partial charge in [-0.1, -0.05) is 40.7 Å². The Hall–Kier alpha value is -0.760. The summed E-state index contributed by atoms with van der Waals surface area (Å²) in [7, 11) is 1.71. The van der Waals surface area contributed by atoms with Gasteiger partial charge in [0, 0.05) is 13.3 Å². The molecule has 0 aliphatic carbocycles. The molecule has 0 aromatic carbocycles. The predicted molar refractivity (Wildman–Crippen MR) is 66.6 cm³/mol. The van der Waals surface area contributed by atoms with Gasteiger partial charge >= 0.3 is 0 Å². The summed E-state index contributed by atoms with van der Waals surface area (Å²) in [6.07, 6.45) is 4.29. The van der Waals surface area contributed by atoms with E-state index < -0.39 is 0 Å². The number of allylic oxidation sites excluding steroid dienone is 2. The van der Waals surface area contributed by atoms with Crippen molar-refractivity contribution < 1.29 is 4.74 Å². The molecule has 2 nitrogen and oxygen atoms in total. The molecule has 1 N–H and O–H groups in total. The summed E-state index contributed by atoms with van der Waals surface area (Å²) in [5.41, 5.74) is 2.75. The zero-order chi connectivity index (χ0) is 12.1. The first kappa shape index (κ1) is 14.2. The second-order valence-corrected chi connectivity index (χ2v) is 4.52. The Kier molecular flexibility index (Phi) is 5.66. The highest BCUT2D eigenvalue weighted by atomic mass is 16.5. The standard InChI is InChI=1S/C11H19NO.C2H6/c1-8-6-9(11(2,3)4)7-12-10(8)13-5;1-2/h6-7,10,12H,1-5H3;1-2H3. The zero-order valence-electron chi connectivity index (χ0n) is 11.1. The van der Waals surface area contributed by atoms with Crippen LogP contribution in [0.25, 0.3) is 0 Å². The summed E-state index contributed by atoms with van der Waals surface area (Å²) < 4.78 is 5.24. The Labute approximate surface area is 94.4 Å². The summed E-state index contributed by atoms with van der Waals surface area (Å²) in [5.74, 6) is 0. The Bertz CT molecular complexity index is 246. The van der Waals surface area contributed by atoms with Crippen molar-refractivity contribution in [3.63, 3.8) is 0 Å². The lowest BCUT2D eigenvalue weighted by molar-refractivity contribution is 0.113. The monoisotopic (exact) mass is 211 g/mol. The van der Waals surface area contributed by atoms with E-state index in [1.54, 1.807) is 7.11 Å². The van der Waals surface area contributed by atoms with Gasteiger partial charge in [0.25, 0.3) is 0 Å². The maximum atomic E-state index is 5.24. The van der Waals surface area contributed by atoms with Crippen LogP contribution in [0.5, 0.6) is 0 Å². The van der Waals surface area contributed by atoms with E-state index in [1.165, 1.54) is 11.1 Å². The first-order valence-electron chi connectivity index (χ1n) is 5.63. The number of rotatable bonds is 1. The van der Waals surface area contributed by atoms with Crippen molar-refractivity contribution in [2.45, 2.75) is 47.8 Å². The lowest BCUT2D eigenvalue weighted by Crippen LogP contribution is -2.32. The van der Waals surface area contributed by atoms with Gasteiger partial charge in [-0.2, -0.15) is 0 Å². The molecule has 1 atom stereocenters. The highest BCUT2D eigenvalue weighted by Gasteiger charge is 2.20. The lowest BCUT2D eigenvalue weighted by atomic mass is 9.85. The van der Waals surface area contributed by atoms with Gasteiger partial charge in [-0.25, -0.2) is 0 Å². The molecule has 0 amide bonds. The molecule has 0 saturated carbocycles. The second-order valence-electron chi connectivity index (χ2n) is 4.52. The van der Waals surface area contributed by atoms with Crippen LogP contribution in [0.15, 0.2) is 23.4 Å². The van der Waals surface area contributed by atoms with Crippen molar-refractivity contribution in [2.24, 2.45) is 5.41 Å². The van der Waals surface area contributed by atoms with E-state index in [4.69, 9.17) is 4.74 Å². The van der Waals surface area contributed by atoms with Crippen molar-refractivity contribution in [3.05, 3.63) is 23.4 Å². The Morgan fingerprint density at radius 1 is 1.27 bits per heavy atom. The fourth-order valence-electron chi connectivity index (χ4n) is 1.35. The van der Waals surface area contributed by atoms with Crippen molar-refractivity contribution in [1.29, 1.82) is 0 Å². The van der Waals surface area contributed by atoms with Crippen LogP contribution >= 0.6 is 0 Å². The number of hydrogen-bond acceptors (Lipinski definition) is 2. The third kappa shape index (κ3) is 4.08. The van der Waals surface area contributed by atoms with E-state index in [2.05, 4.69) is 39.1 Å². The summed E-state index contributed by atoms with van der Waals surface area (Å²) in [6, 6.07) is 0. The van der Waals surface area contributed by atoms with Crippen molar-refractivity contribution in [3.8, 4) is 0 Å². The number of methoxy groups -OCH3 is 1. The van der Waals surface area contributed by atoms with Crippen LogP contribution in [0.2, 0.25) is 0 Å². The molecule has 0 saturated heterocycles. The molecular weight excluding hydrogens is 186 g/mol. The van der Waals surface area contributed by atoms with Gasteiger partial charge in [-0.05, 0) is 23.5 Å². The largest absolute Gasteiger partial charge is 0.362 e. The average molecular weight is 211 g/mol. The molecule has 1 aliphatic heterocycles. The summed E-state index contributed by atoms with van der Waals surface area (Å²) in [5, 5.41) is 3.22. The van der Waals surface area contributed by atoms with E-state index in [0.717, 1.165) is 0 Å². The fraction of sp³-hybridized carbons (Fsp3) is 0.692. The summed E-state index contributed by atoms with van der Waals surface area (Å²) in [4.78, 5) is 0. The van der Waals surface area contributed by atoms with Gasteiger partial charge in [-0.15, -0.1) is 0 Å². The van der Waals surface area contributed by atoms with Crippen LogP contribution in [0.1, 0.15) is 41.5 Å². The smallest absolute Gasteiger partial charge is 0.149 e. The fourth-order valence-corrected chi connectivity index (χ4v) is 1.35. The second kappa shape index (κ2) is 5.96. The third-order valence-corrected chi connectivity index (χ3v) is 2.29. The molecule has 0 aromatic rings. The van der Waals surface area contributed by atoms with E-state index in [1.807, 2.05) is 20.0 Å². The topological polar surface area (TPSA) is 21.3 Å². The predicted octanol–water partition coefficient (Wildman–Crippen LogP) is 3.46. The Morgan fingerprint density at radius 2 is 1.80 bits per heavy atom. The molecule has 1 aliphatic rings. The summed E-state index contributed by atoms with van der Waals surface area (Å²) >= 11 is 0. The number of ether oxygens (including phenoxy) is 1.